The lowest BCUT2D eigenvalue weighted by Gasteiger charge is -2.38. The smallest absolute Gasteiger partial charge is 0.0738 e. The van der Waals surface area contributed by atoms with Crippen LogP contribution in [0.2, 0.25) is 0 Å². The molecule has 0 bridgehead atoms. The number of aryl methyl sites for hydroxylation is 2. The number of hydrogen-bond donors (Lipinski definition) is 1. The van der Waals surface area contributed by atoms with Gasteiger partial charge in [-0.25, -0.2) is 0 Å². The summed E-state index contributed by atoms with van der Waals surface area (Å²) in [7, 11) is 4.13. The third kappa shape index (κ3) is 2.95. The second-order valence-corrected chi connectivity index (χ2v) is 6.31. The van der Waals surface area contributed by atoms with E-state index < -0.39 is 0 Å². The average molecular weight is 317 g/mol. The summed E-state index contributed by atoms with van der Waals surface area (Å²) in [5.74, 6) is 0. The van der Waals surface area contributed by atoms with Gasteiger partial charge in [0.2, 0.25) is 0 Å². The molecule has 1 atom stereocenters. The summed E-state index contributed by atoms with van der Waals surface area (Å²) in [6.45, 7) is 9.33. The maximum atomic E-state index is 6.38. The number of halogens is 1. The molecule has 18 heavy (non-hydrogen) atoms. The third-order valence-electron chi connectivity index (χ3n) is 3.93. The molecule has 0 fully saturated rings. The Kier molecular flexibility index (Phi) is 4.98. The molecular weight excluding hydrogens is 292 g/mol. The van der Waals surface area contributed by atoms with Crippen molar-refractivity contribution in [2.75, 3.05) is 14.1 Å². The van der Waals surface area contributed by atoms with Gasteiger partial charge in [-0.2, -0.15) is 5.10 Å². The van der Waals surface area contributed by atoms with Crippen LogP contribution in [0.3, 0.4) is 0 Å². The second-order valence-electron chi connectivity index (χ2n) is 5.52. The van der Waals surface area contributed by atoms with Crippen molar-refractivity contribution in [1.29, 1.82) is 0 Å². The molecule has 5 heteroatoms. The first-order chi connectivity index (χ1) is 8.21. The van der Waals surface area contributed by atoms with Gasteiger partial charge in [0.25, 0.3) is 0 Å². The highest BCUT2D eigenvalue weighted by Gasteiger charge is 2.30. The molecule has 1 heterocycles. The first kappa shape index (κ1) is 15.7. The highest BCUT2D eigenvalue weighted by Crippen LogP contribution is 2.25. The van der Waals surface area contributed by atoms with Crippen LogP contribution in [0.25, 0.3) is 0 Å². The molecule has 0 saturated heterocycles. The fourth-order valence-corrected chi connectivity index (χ4v) is 2.30. The molecule has 4 nitrogen and oxygen atoms in total. The Balaban J connectivity index is 2.98. The van der Waals surface area contributed by atoms with E-state index in [0.717, 1.165) is 23.1 Å². The molecule has 0 aliphatic rings. The van der Waals surface area contributed by atoms with E-state index in [1.807, 2.05) is 11.6 Å². The molecule has 0 radical (unpaired) electrons. The highest BCUT2D eigenvalue weighted by molar-refractivity contribution is 9.10. The van der Waals surface area contributed by atoms with Crippen LogP contribution in [0, 0.1) is 6.92 Å². The van der Waals surface area contributed by atoms with Crippen molar-refractivity contribution in [1.82, 2.24) is 14.7 Å². The van der Waals surface area contributed by atoms with Crippen molar-refractivity contribution in [3.05, 3.63) is 15.9 Å². The maximum Gasteiger partial charge on any atom is 0.0738 e. The van der Waals surface area contributed by atoms with Crippen LogP contribution in [0.15, 0.2) is 4.47 Å². The van der Waals surface area contributed by atoms with Crippen LogP contribution in [-0.4, -0.2) is 40.4 Å². The third-order valence-corrected chi connectivity index (χ3v) is 4.96. The van der Waals surface area contributed by atoms with Crippen LogP contribution < -0.4 is 5.73 Å². The normalized spacial score (nSPS) is 14.3. The van der Waals surface area contributed by atoms with Gasteiger partial charge in [-0.1, -0.05) is 0 Å². The maximum absolute atomic E-state index is 6.38. The van der Waals surface area contributed by atoms with Crippen molar-refractivity contribution in [2.24, 2.45) is 5.73 Å². The van der Waals surface area contributed by atoms with Crippen LogP contribution >= 0.6 is 15.9 Å². The Morgan fingerprint density at radius 3 is 2.44 bits per heavy atom. The number of aromatic nitrogens is 2. The largest absolute Gasteiger partial charge is 0.326 e. The van der Waals surface area contributed by atoms with Crippen molar-refractivity contribution in [3.8, 4) is 0 Å². The van der Waals surface area contributed by atoms with Gasteiger partial charge in [0.15, 0.2) is 0 Å². The summed E-state index contributed by atoms with van der Waals surface area (Å²) in [5.41, 5.74) is 8.56. The first-order valence-corrected chi connectivity index (χ1v) is 7.15. The van der Waals surface area contributed by atoms with E-state index in [1.165, 1.54) is 5.69 Å². The van der Waals surface area contributed by atoms with Gasteiger partial charge in [0, 0.05) is 24.5 Å². The lowest BCUT2D eigenvalue weighted by molar-refractivity contribution is 0.156. The average Bonchev–Trinajstić information content (AvgIpc) is 2.56. The fourth-order valence-electron chi connectivity index (χ4n) is 1.85. The molecule has 1 aromatic heterocycles. The van der Waals surface area contributed by atoms with Crippen LogP contribution in [0.1, 0.15) is 32.2 Å². The predicted octanol–water partition coefficient (Wildman–Crippen LogP) is 2.18. The van der Waals surface area contributed by atoms with E-state index in [9.17, 15) is 0 Å². The lowest BCUT2D eigenvalue weighted by atomic mass is 9.90. The van der Waals surface area contributed by atoms with Gasteiger partial charge in [-0.15, -0.1) is 0 Å². The minimum atomic E-state index is -0.0455. The lowest BCUT2D eigenvalue weighted by Crippen LogP contribution is -2.54. The molecule has 1 unspecified atom stereocenters. The number of nitrogens with zero attached hydrogens (tertiary/aromatic N) is 3. The number of rotatable bonds is 5. The number of hydrogen-bond acceptors (Lipinski definition) is 3. The van der Waals surface area contributed by atoms with Gasteiger partial charge in [0.1, 0.15) is 0 Å². The van der Waals surface area contributed by atoms with E-state index >= 15 is 0 Å². The predicted molar refractivity (Wildman–Crippen MR) is 79.8 cm³/mol. The molecule has 104 valence electrons. The van der Waals surface area contributed by atoms with Gasteiger partial charge < -0.3 is 10.6 Å². The summed E-state index contributed by atoms with van der Waals surface area (Å²) in [4.78, 5) is 2.17. The molecular formula is C13H25BrN4. The summed E-state index contributed by atoms with van der Waals surface area (Å²) < 4.78 is 3.12. The van der Waals surface area contributed by atoms with E-state index in [0.29, 0.717) is 0 Å². The van der Waals surface area contributed by atoms with Crippen LogP contribution in [0.5, 0.6) is 0 Å². The summed E-state index contributed by atoms with van der Waals surface area (Å²) >= 11 is 3.62. The summed E-state index contributed by atoms with van der Waals surface area (Å²) in [6.07, 6.45) is 0.820. The van der Waals surface area contributed by atoms with E-state index in [4.69, 9.17) is 5.73 Å². The van der Waals surface area contributed by atoms with Gasteiger partial charge >= 0.3 is 0 Å². The summed E-state index contributed by atoms with van der Waals surface area (Å²) in [6, 6.07) is 0.0604. The van der Waals surface area contributed by atoms with E-state index in [2.05, 4.69) is 60.8 Å². The topological polar surface area (TPSA) is 47.1 Å². The second kappa shape index (κ2) is 5.72. The highest BCUT2D eigenvalue weighted by atomic mass is 79.9. The molecule has 0 amide bonds. The van der Waals surface area contributed by atoms with Crippen LogP contribution in [0.4, 0.5) is 0 Å². The Labute approximate surface area is 119 Å². The molecule has 0 spiro atoms. The quantitative estimate of drug-likeness (QED) is 0.905. The SMILES string of the molecule is CCn1nc(C)c(Br)c1CC(N)C(C)(C)N(C)C. The Morgan fingerprint density at radius 1 is 1.44 bits per heavy atom. The van der Waals surface area contributed by atoms with Gasteiger partial charge in [0.05, 0.1) is 15.9 Å². The molecule has 0 aromatic carbocycles. The Hall–Kier alpha value is -0.390. The molecule has 1 aromatic rings. The minimum Gasteiger partial charge on any atom is -0.326 e. The molecule has 2 N–H and O–H groups in total. The van der Waals surface area contributed by atoms with Crippen molar-refractivity contribution in [2.45, 2.75) is 52.2 Å². The summed E-state index contributed by atoms with van der Waals surface area (Å²) in [5, 5.41) is 4.51. The van der Waals surface area contributed by atoms with E-state index in [1.54, 1.807) is 0 Å². The zero-order valence-corrected chi connectivity index (χ0v) is 13.9. The van der Waals surface area contributed by atoms with Crippen molar-refractivity contribution < 1.29 is 0 Å². The molecule has 0 aliphatic heterocycles. The molecule has 0 saturated carbocycles. The Bertz CT molecular complexity index is 409. The van der Waals surface area contributed by atoms with E-state index in [-0.39, 0.29) is 11.6 Å². The standard InChI is InChI=1S/C13H25BrN4/c1-7-18-10(12(14)9(2)16-18)8-11(15)13(3,4)17(5)6/h11H,7-8,15H2,1-6H3. The van der Waals surface area contributed by atoms with Gasteiger partial charge in [-0.05, 0) is 57.7 Å². The number of nitrogens with two attached hydrogens (primary N) is 1. The first-order valence-electron chi connectivity index (χ1n) is 6.36. The van der Waals surface area contributed by atoms with Crippen molar-refractivity contribution >= 4 is 15.9 Å². The monoisotopic (exact) mass is 316 g/mol. The fraction of sp³-hybridized carbons (Fsp3) is 0.769. The Morgan fingerprint density at radius 2 is 2.00 bits per heavy atom. The zero-order chi connectivity index (χ0) is 14.1. The molecule has 1 rings (SSSR count). The minimum absolute atomic E-state index is 0.0455. The molecule has 0 aliphatic carbocycles. The zero-order valence-electron chi connectivity index (χ0n) is 12.3. The number of likely N-dealkylation sites (N-methyl/N-ethyl adjacent to an activating group) is 1. The van der Waals surface area contributed by atoms with Gasteiger partial charge in [-0.3, -0.25) is 4.68 Å². The van der Waals surface area contributed by atoms with Crippen LogP contribution in [-0.2, 0) is 13.0 Å². The van der Waals surface area contributed by atoms with Crippen molar-refractivity contribution in [3.63, 3.8) is 0 Å².